The number of ether oxygens (including phenoxy) is 1. The number of hydrogen-bond acceptors (Lipinski definition) is 2. The second-order valence-corrected chi connectivity index (χ2v) is 5.41. The second kappa shape index (κ2) is 5.67. The van der Waals surface area contributed by atoms with E-state index in [4.69, 9.17) is 4.74 Å². The SMILES string of the molecule is COc1ccc(C=CC=O)c(-c2ccc[se]2)c1. The summed E-state index contributed by atoms with van der Waals surface area (Å²) in [4.78, 5) is 12.6. The molecule has 0 aliphatic rings. The number of aldehydes is 1. The van der Waals surface area contributed by atoms with Crippen LogP contribution in [0.2, 0.25) is 0 Å². The number of hydrogen-bond donors (Lipinski definition) is 0. The normalized spacial score (nSPS) is 10.6. The van der Waals surface area contributed by atoms with Crippen LogP contribution in [0.3, 0.4) is 0 Å². The Kier molecular flexibility index (Phi) is 3.97. The van der Waals surface area contributed by atoms with Crippen LogP contribution >= 0.6 is 0 Å². The number of rotatable bonds is 4. The van der Waals surface area contributed by atoms with Crippen molar-refractivity contribution in [1.29, 1.82) is 0 Å². The van der Waals surface area contributed by atoms with Crippen molar-refractivity contribution in [3.05, 3.63) is 46.9 Å². The van der Waals surface area contributed by atoms with E-state index in [0.29, 0.717) is 14.5 Å². The molecule has 0 saturated carbocycles. The summed E-state index contributed by atoms with van der Waals surface area (Å²) in [5, 5.41) is 0. The maximum atomic E-state index is 10.4. The molecule has 0 fully saturated rings. The number of methoxy groups -OCH3 is 1. The summed E-state index contributed by atoms with van der Waals surface area (Å²) in [7, 11) is 1.66. The zero-order chi connectivity index (χ0) is 12.1. The van der Waals surface area contributed by atoms with Gasteiger partial charge in [0.2, 0.25) is 0 Å². The van der Waals surface area contributed by atoms with Crippen LogP contribution in [0.4, 0.5) is 0 Å². The predicted octanol–water partition coefficient (Wildman–Crippen LogP) is 2.63. The molecule has 0 radical (unpaired) electrons. The molecule has 0 N–H and O–H groups in total. The Labute approximate surface area is 106 Å². The van der Waals surface area contributed by atoms with Crippen molar-refractivity contribution in [2.75, 3.05) is 7.11 Å². The molecule has 2 rings (SSSR count). The van der Waals surface area contributed by atoms with E-state index in [0.717, 1.165) is 23.2 Å². The van der Waals surface area contributed by atoms with E-state index in [1.54, 1.807) is 7.11 Å². The Morgan fingerprint density at radius 2 is 2.18 bits per heavy atom. The van der Waals surface area contributed by atoms with E-state index < -0.39 is 0 Å². The average molecular weight is 291 g/mol. The number of allylic oxidation sites excluding steroid dienone is 1. The summed E-state index contributed by atoms with van der Waals surface area (Å²) in [6, 6.07) is 10.1. The van der Waals surface area contributed by atoms with Gasteiger partial charge in [-0.15, -0.1) is 0 Å². The molecule has 3 heteroatoms. The fourth-order valence-corrected chi connectivity index (χ4v) is 3.20. The molecule has 1 heterocycles. The molecule has 1 aromatic carbocycles. The topological polar surface area (TPSA) is 26.3 Å². The predicted molar refractivity (Wildman–Crippen MR) is 70.5 cm³/mol. The molecule has 0 aliphatic heterocycles. The molecular weight excluding hydrogens is 279 g/mol. The molecule has 0 amide bonds. The first kappa shape index (κ1) is 11.9. The molecular formula is C14H12O2Se. The minimum absolute atomic E-state index is 0.371. The zero-order valence-electron chi connectivity index (χ0n) is 9.42. The van der Waals surface area contributed by atoms with Gasteiger partial charge in [0.1, 0.15) is 0 Å². The van der Waals surface area contributed by atoms with E-state index in [-0.39, 0.29) is 0 Å². The molecule has 2 aromatic rings. The van der Waals surface area contributed by atoms with Crippen LogP contribution in [0, 0.1) is 0 Å². The Hall–Kier alpha value is -1.57. The van der Waals surface area contributed by atoms with Gasteiger partial charge in [0.15, 0.2) is 0 Å². The monoisotopic (exact) mass is 292 g/mol. The third-order valence-electron chi connectivity index (χ3n) is 2.40. The Morgan fingerprint density at radius 1 is 1.29 bits per heavy atom. The first-order valence-electron chi connectivity index (χ1n) is 5.19. The summed E-state index contributed by atoms with van der Waals surface area (Å²) in [6.07, 6.45) is 4.14. The van der Waals surface area contributed by atoms with Crippen LogP contribution < -0.4 is 4.74 Å². The average Bonchev–Trinajstić information content (AvgIpc) is 2.90. The molecule has 86 valence electrons. The van der Waals surface area contributed by atoms with Crippen molar-refractivity contribution in [2.24, 2.45) is 0 Å². The number of benzene rings is 1. The van der Waals surface area contributed by atoms with Crippen LogP contribution in [0.25, 0.3) is 16.1 Å². The maximum absolute atomic E-state index is 10.4. The molecule has 0 aliphatic carbocycles. The van der Waals surface area contributed by atoms with Crippen molar-refractivity contribution in [2.45, 2.75) is 0 Å². The van der Waals surface area contributed by atoms with Gasteiger partial charge in [-0.2, -0.15) is 0 Å². The van der Waals surface area contributed by atoms with Gasteiger partial charge in [0.25, 0.3) is 0 Å². The Morgan fingerprint density at radius 3 is 2.82 bits per heavy atom. The van der Waals surface area contributed by atoms with E-state index in [1.807, 2.05) is 24.3 Å². The third-order valence-corrected chi connectivity index (χ3v) is 4.30. The van der Waals surface area contributed by atoms with Crippen LogP contribution in [-0.2, 0) is 4.79 Å². The van der Waals surface area contributed by atoms with Gasteiger partial charge in [-0.25, -0.2) is 0 Å². The number of carbonyl (C=O) groups excluding carboxylic acids is 1. The Balaban J connectivity index is 2.51. The molecule has 0 spiro atoms. The van der Waals surface area contributed by atoms with Crippen molar-refractivity contribution in [3.63, 3.8) is 0 Å². The van der Waals surface area contributed by atoms with Crippen molar-refractivity contribution in [1.82, 2.24) is 0 Å². The second-order valence-electron chi connectivity index (χ2n) is 3.43. The molecule has 0 saturated heterocycles. The first-order chi connectivity index (χ1) is 8.35. The summed E-state index contributed by atoms with van der Waals surface area (Å²) >= 11 is 0.371. The van der Waals surface area contributed by atoms with Crippen molar-refractivity contribution < 1.29 is 9.53 Å². The van der Waals surface area contributed by atoms with Gasteiger partial charge < -0.3 is 0 Å². The van der Waals surface area contributed by atoms with Gasteiger partial charge >= 0.3 is 106 Å². The first-order valence-corrected chi connectivity index (χ1v) is 7.03. The van der Waals surface area contributed by atoms with Crippen LogP contribution in [-0.4, -0.2) is 27.9 Å². The summed E-state index contributed by atoms with van der Waals surface area (Å²) < 4.78 is 6.55. The van der Waals surface area contributed by atoms with Crippen molar-refractivity contribution in [3.8, 4) is 15.8 Å². The summed E-state index contributed by atoms with van der Waals surface area (Å²) in [5.41, 5.74) is 2.20. The zero-order valence-corrected chi connectivity index (χ0v) is 11.1. The van der Waals surface area contributed by atoms with Crippen LogP contribution in [0.5, 0.6) is 5.75 Å². The van der Waals surface area contributed by atoms with Crippen molar-refractivity contribution >= 4 is 26.9 Å². The fourth-order valence-electron chi connectivity index (χ4n) is 1.60. The van der Waals surface area contributed by atoms with Gasteiger partial charge in [-0.1, -0.05) is 0 Å². The molecule has 0 bridgehead atoms. The third kappa shape index (κ3) is 2.76. The molecule has 0 unspecified atom stereocenters. The van der Waals surface area contributed by atoms with E-state index in [9.17, 15) is 4.79 Å². The van der Waals surface area contributed by atoms with Gasteiger partial charge in [-0.3, -0.25) is 0 Å². The summed E-state index contributed by atoms with van der Waals surface area (Å²) in [6.45, 7) is 0. The molecule has 17 heavy (non-hydrogen) atoms. The molecule has 2 nitrogen and oxygen atoms in total. The molecule has 1 aromatic heterocycles. The van der Waals surface area contributed by atoms with Gasteiger partial charge in [0.05, 0.1) is 0 Å². The van der Waals surface area contributed by atoms with E-state index >= 15 is 0 Å². The van der Waals surface area contributed by atoms with E-state index in [2.05, 4.69) is 17.1 Å². The van der Waals surface area contributed by atoms with Crippen LogP contribution in [0.1, 0.15) is 5.56 Å². The van der Waals surface area contributed by atoms with Gasteiger partial charge in [0, 0.05) is 0 Å². The van der Waals surface area contributed by atoms with Gasteiger partial charge in [-0.05, 0) is 0 Å². The van der Waals surface area contributed by atoms with E-state index in [1.165, 1.54) is 10.5 Å². The minimum atomic E-state index is 0.371. The quantitative estimate of drug-likeness (QED) is 0.492. The van der Waals surface area contributed by atoms with Crippen LogP contribution in [0.15, 0.2) is 41.3 Å². The Bertz CT molecular complexity index is 527. The fraction of sp³-hybridized carbons (Fsp3) is 0.0714. The number of carbonyl (C=O) groups is 1. The standard InChI is InChI=1S/C14H12O2Se/c1-16-12-7-6-11(4-2-8-15)13(10-12)14-5-3-9-17-14/h2-10H,1H3. The molecule has 0 atom stereocenters. The summed E-state index contributed by atoms with van der Waals surface area (Å²) in [5.74, 6) is 0.840.